The molecule has 2 N–H and O–H groups in total. The van der Waals surface area contributed by atoms with Crippen LogP contribution in [0.25, 0.3) is 0 Å². The van der Waals surface area contributed by atoms with Crippen LogP contribution in [0.2, 0.25) is 5.02 Å². The van der Waals surface area contributed by atoms with Crippen molar-refractivity contribution in [2.75, 3.05) is 26.1 Å². The first-order valence-electron chi connectivity index (χ1n) is 10.7. The van der Waals surface area contributed by atoms with Crippen molar-refractivity contribution in [3.63, 3.8) is 0 Å². The molecule has 0 radical (unpaired) electrons. The molecule has 0 aromatic heterocycles. The van der Waals surface area contributed by atoms with Gasteiger partial charge in [-0.05, 0) is 36.8 Å². The number of carbonyl (C=O) groups is 2. The molecule has 9 heteroatoms. The number of ether oxygens (including phenoxy) is 2. The van der Waals surface area contributed by atoms with Crippen LogP contribution in [-0.4, -0.2) is 38.9 Å². The van der Waals surface area contributed by atoms with Gasteiger partial charge in [-0.2, -0.15) is 0 Å². The lowest BCUT2D eigenvalue weighted by Crippen LogP contribution is -2.28. The number of carbonyl (C=O) groups excluding carboxylic acids is 2. The summed E-state index contributed by atoms with van der Waals surface area (Å²) < 4.78 is 10.4. The van der Waals surface area contributed by atoms with Gasteiger partial charge in [-0.15, -0.1) is 0 Å². The molecule has 0 aliphatic rings. The van der Waals surface area contributed by atoms with E-state index in [1.54, 1.807) is 36.4 Å². The Bertz CT molecular complexity index is 1200. The van der Waals surface area contributed by atoms with Gasteiger partial charge in [-0.1, -0.05) is 59.2 Å². The van der Waals surface area contributed by atoms with Crippen LogP contribution in [0, 0.1) is 0 Å². The summed E-state index contributed by atoms with van der Waals surface area (Å²) in [7, 11) is 2.99. The van der Waals surface area contributed by atoms with Gasteiger partial charge < -0.3 is 24.9 Å². The molecule has 2 amide bonds. The topological polar surface area (TPSA) is 98.3 Å². The number of amides is 2. The molecular formula is C26H26ClN3O5. The van der Waals surface area contributed by atoms with E-state index in [1.165, 1.54) is 20.4 Å². The molecule has 0 saturated heterocycles. The molecule has 3 aromatic rings. The third-order valence-corrected chi connectivity index (χ3v) is 5.30. The normalized spacial score (nSPS) is 11.5. The van der Waals surface area contributed by atoms with Crippen molar-refractivity contribution in [3.8, 4) is 11.5 Å². The zero-order chi connectivity index (χ0) is 25.2. The SMILES string of the molecule is COc1cc(/C=N/OCC(=O)Nc2ccccc2C(=O)NC(C)c2ccccc2)cc(Cl)c1OC. The van der Waals surface area contributed by atoms with Gasteiger partial charge in [0, 0.05) is 5.56 Å². The van der Waals surface area contributed by atoms with E-state index in [0.717, 1.165) is 5.56 Å². The number of hydrogen-bond donors (Lipinski definition) is 2. The van der Waals surface area contributed by atoms with Crippen molar-refractivity contribution in [2.24, 2.45) is 5.16 Å². The Balaban J connectivity index is 1.58. The number of para-hydroxylation sites is 1. The smallest absolute Gasteiger partial charge is 0.265 e. The Morgan fingerprint density at radius 2 is 1.74 bits per heavy atom. The zero-order valence-corrected chi connectivity index (χ0v) is 20.3. The predicted octanol–water partition coefficient (Wildman–Crippen LogP) is 4.84. The Labute approximate surface area is 208 Å². The number of halogens is 1. The first kappa shape index (κ1) is 25.6. The molecular weight excluding hydrogens is 470 g/mol. The van der Waals surface area contributed by atoms with E-state index in [1.807, 2.05) is 37.3 Å². The minimum atomic E-state index is -0.469. The van der Waals surface area contributed by atoms with Gasteiger partial charge in [0.1, 0.15) is 0 Å². The summed E-state index contributed by atoms with van der Waals surface area (Å²) in [6.07, 6.45) is 1.40. The Morgan fingerprint density at radius 1 is 1.03 bits per heavy atom. The summed E-state index contributed by atoms with van der Waals surface area (Å²) in [4.78, 5) is 30.3. The van der Waals surface area contributed by atoms with Crippen LogP contribution in [0.15, 0.2) is 71.9 Å². The number of methoxy groups -OCH3 is 2. The highest BCUT2D eigenvalue weighted by Crippen LogP contribution is 2.35. The summed E-state index contributed by atoms with van der Waals surface area (Å²) >= 11 is 6.17. The average Bonchev–Trinajstić information content (AvgIpc) is 2.87. The quantitative estimate of drug-likeness (QED) is 0.310. The largest absolute Gasteiger partial charge is 0.493 e. The van der Waals surface area contributed by atoms with Gasteiger partial charge in [0.25, 0.3) is 11.8 Å². The molecule has 1 atom stereocenters. The summed E-state index contributed by atoms with van der Waals surface area (Å²) in [6, 6.07) is 19.5. The van der Waals surface area contributed by atoms with Crippen molar-refractivity contribution in [3.05, 3.63) is 88.4 Å². The molecule has 3 aromatic carbocycles. The number of oxime groups is 1. The van der Waals surface area contributed by atoms with Crippen LogP contribution in [0.3, 0.4) is 0 Å². The van der Waals surface area contributed by atoms with Crippen molar-refractivity contribution in [1.82, 2.24) is 5.32 Å². The number of hydrogen-bond acceptors (Lipinski definition) is 6. The minimum absolute atomic E-state index is 0.199. The fourth-order valence-corrected chi connectivity index (χ4v) is 3.58. The molecule has 8 nitrogen and oxygen atoms in total. The molecule has 0 bridgehead atoms. The second-order valence-corrected chi connectivity index (χ2v) is 7.85. The van der Waals surface area contributed by atoms with Crippen LogP contribution in [-0.2, 0) is 9.63 Å². The van der Waals surface area contributed by atoms with Gasteiger partial charge >= 0.3 is 0 Å². The lowest BCUT2D eigenvalue weighted by molar-refractivity contribution is -0.120. The minimum Gasteiger partial charge on any atom is -0.493 e. The molecule has 0 aliphatic heterocycles. The molecule has 0 aliphatic carbocycles. The van der Waals surface area contributed by atoms with Crippen LogP contribution in [0.4, 0.5) is 5.69 Å². The molecule has 0 heterocycles. The average molecular weight is 496 g/mol. The fourth-order valence-electron chi connectivity index (χ4n) is 3.28. The molecule has 0 saturated carbocycles. The Morgan fingerprint density at radius 3 is 2.46 bits per heavy atom. The van der Waals surface area contributed by atoms with Crippen molar-refractivity contribution >= 4 is 35.3 Å². The fraction of sp³-hybridized carbons (Fsp3) is 0.192. The molecule has 0 fully saturated rings. The maximum absolute atomic E-state index is 12.8. The van der Waals surface area contributed by atoms with Gasteiger partial charge in [0.15, 0.2) is 18.1 Å². The van der Waals surface area contributed by atoms with Crippen LogP contribution in [0.5, 0.6) is 11.5 Å². The highest BCUT2D eigenvalue weighted by Gasteiger charge is 2.16. The van der Waals surface area contributed by atoms with E-state index in [4.69, 9.17) is 25.9 Å². The van der Waals surface area contributed by atoms with Crippen LogP contribution < -0.4 is 20.1 Å². The van der Waals surface area contributed by atoms with E-state index in [2.05, 4.69) is 15.8 Å². The second-order valence-electron chi connectivity index (χ2n) is 7.45. The van der Waals surface area contributed by atoms with Gasteiger partial charge in [-0.25, -0.2) is 0 Å². The highest BCUT2D eigenvalue weighted by molar-refractivity contribution is 6.32. The number of nitrogens with one attached hydrogen (secondary N) is 2. The zero-order valence-electron chi connectivity index (χ0n) is 19.6. The van der Waals surface area contributed by atoms with Gasteiger partial charge in [0.2, 0.25) is 0 Å². The van der Waals surface area contributed by atoms with Crippen LogP contribution in [0.1, 0.15) is 34.5 Å². The molecule has 35 heavy (non-hydrogen) atoms. The number of benzene rings is 3. The molecule has 182 valence electrons. The monoisotopic (exact) mass is 495 g/mol. The first-order valence-corrected chi connectivity index (χ1v) is 11.1. The Kier molecular flexibility index (Phi) is 9.09. The predicted molar refractivity (Wildman–Crippen MR) is 135 cm³/mol. The summed E-state index contributed by atoms with van der Waals surface area (Å²) in [6.45, 7) is 1.54. The van der Waals surface area contributed by atoms with E-state index in [-0.39, 0.29) is 18.6 Å². The highest BCUT2D eigenvalue weighted by atomic mass is 35.5. The molecule has 0 spiro atoms. The maximum Gasteiger partial charge on any atom is 0.265 e. The third kappa shape index (κ3) is 6.97. The number of rotatable bonds is 10. The Hall–Kier alpha value is -4.04. The van der Waals surface area contributed by atoms with Gasteiger partial charge in [-0.3, -0.25) is 9.59 Å². The lowest BCUT2D eigenvalue weighted by Gasteiger charge is -2.16. The van der Waals surface area contributed by atoms with E-state index >= 15 is 0 Å². The summed E-state index contributed by atoms with van der Waals surface area (Å²) in [5.74, 6) is 0.0773. The third-order valence-electron chi connectivity index (χ3n) is 5.02. The first-order chi connectivity index (χ1) is 16.9. The van der Waals surface area contributed by atoms with Crippen molar-refractivity contribution in [2.45, 2.75) is 13.0 Å². The van der Waals surface area contributed by atoms with E-state index in [9.17, 15) is 9.59 Å². The molecule has 3 rings (SSSR count). The van der Waals surface area contributed by atoms with E-state index in [0.29, 0.717) is 33.3 Å². The summed E-state index contributed by atoms with van der Waals surface area (Å²) in [5.41, 5.74) is 2.29. The van der Waals surface area contributed by atoms with Crippen molar-refractivity contribution in [1.29, 1.82) is 0 Å². The standard InChI is InChI=1S/C26H26ClN3O5/c1-17(19-9-5-4-6-10-19)29-26(32)20-11-7-8-12-22(20)30-24(31)16-35-28-15-18-13-21(27)25(34-3)23(14-18)33-2/h4-15,17H,16H2,1-3H3,(H,29,32)(H,30,31)/b28-15+. The number of nitrogens with zero attached hydrogens (tertiary/aromatic N) is 1. The lowest BCUT2D eigenvalue weighted by atomic mass is 10.1. The number of anilines is 1. The van der Waals surface area contributed by atoms with E-state index < -0.39 is 5.91 Å². The second kappa shape index (κ2) is 12.4. The summed E-state index contributed by atoms with van der Waals surface area (Å²) in [5, 5.41) is 9.79. The van der Waals surface area contributed by atoms with Crippen LogP contribution >= 0.6 is 11.6 Å². The molecule has 1 unspecified atom stereocenters. The maximum atomic E-state index is 12.8. The van der Waals surface area contributed by atoms with Crippen molar-refractivity contribution < 1.29 is 23.9 Å². The van der Waals surface area contributed by atoms with Gasteiger partial charge in [0.05, 0.1) is 42.7 Å².